The maximum absolute atomic E-state index is 11.2. The van der Waals surface area contributed by atoms with Crippen molar-refractivity contribution in [1.29, 1.82) is 0 Å². The molecule has 64 valence electrons. The van der Waals surface area contributed by atoms with E-state index in [-0.39, 0.29) is 5.43 Å². The normalized spacial score (nSPS) is 9.58. The van der Waals surface area contributed by atoms with Crippen LogP contribution in [0, 0.1) is 6.92 Å². The van der Waals surface area contributed by atoms with Gasteiger partial charge in [0, 0.05) is 5.02 Å². The Morgan fingerprint density at radius 3 is 2.67 bits per heavy atom. The molecule has 0 spiro atoms. The lowest BCUT2D eigenvalue weighted by Gasteiger charge is -1.89. The van der Waals surface area contributed by atoms with Gasteiger partial charge in [-0.25, -0.2) is 0 Å². The molecule has 1 rings (SSSR count). The summed E-state index contributed by atoms with van der Waals surface area (Å²) in [6.07, 6.45) is 0. The van der Waals surface area contributed by atoms with Crippen LogP contribution in [-0.4, -0.2) is 7.11 Å². The highest BCUT2D eigenvalue weighted by atomic mass is 35.5. The summed E-state index contributed by atoms with van der Waals surface area (Å²) in [4.78, 5) is 11.2. The van der Waals surface area contributed by atoms with Crippen LogP contribution >= 0.6 is 11.6 Å². The van der Waals surface area contributed by atoms with Gasteiger partial charge in [-0.3, -0.25) is 4.79 Å². The van der Waals surface area contributed by atoms with E-state index in [0.29, 0.717) is 10.8 Å². The van der Waals surface area contributed by atoms with Crippen molar-refractivity contribution in [2.24, 2.45) is 0 Å². The Morgan fingerprint density at radius 2 is 2.08 bits per heavy atom. The zero-order valence-corrected chi connectivity index (χ0v) is 7.68. The number of aryl methyl sites for hydroxylation is 1. The second-order valence-corrected chi connectivity index (χ2v) is 2.85. The summed E-state index contributed by atoms with van der Waals surface area (Å²) in [6.45, 7) is 1.78. The number of rotatable bonds is 1. The lowest BCUT2D eigenvalue weighted by atomic mass is 10.3. The third-order valence-electron chi connectivity index (χ3n) is 1.57. The second-order valence-electron chi connectivity index (χ2n) is 2.44. The standard InChI is InChI=1S/C9H9ClO2/c1-6-5-8(11)9(12-2)4-3-7(6)10/h3-5H,1-2H3. The molecule has 0 bridgehead atoms. The molecule has 0 N–H and O–H groups in total. The van der Waals surface area contributed by atoms with E-state index in [1.807, 2.05) is 0 Å². The van der Waals surface area contributed by atoms with E-state index >= 15 is 0 Å². The molecule has 2 nitrogen and oxygen atoms in total. The predicted octanol–water partition coefficient (Wildman–Crippen LogP) is 2.02. The molecule has 0 amide bonds. The zero-order valence-electron chi connectivity index (χ0n) is 6.93. The van der Waals surface area contributed by atoms with Crippen molar-refractivity contribution >= 4 is 11.6 Å². The van der Waals surface area contributed by atoms with Crippen LogP contribution in [0.4, 0.5) is 0 Å². The molecule has 0 aliphatic carbocycles. The summed E-state index contributed by atoms with van der Waals surface area (Å²) in [7, 11) is 1.46. The van der Waals surface area contributed by atoms with Crippen LogP contribution in [0.5, 0.6) is 5.75 Å². The van der Waals surface area contributed by atoms with Crippen molar-refractivity contribution in [3.63, 3.8) is 0 Å². The third kappa shape index (κ3) is 1.77. The predicted molar refractivity (Wildman–Crippen MR) is 49.0 cm³/mol. The lowest BCUT2D eigenvalue weighted by molar-refractivity contribution is 0.411. The first kappa shape index (κ1) is 9.07. The highest BCUT2D eigenvalue weighted by molar-refractivity contribution is 6.31. The fraction of sp³-hybridized carbons (Fsp3) is 0.222. The Hall–Kier alpha value is -1.02. The molecular formula is C9H9ClO2. The SMILES string of the molecule is COc1ccc(Cl)c(C)cc1=O. The minimum Gasteiger partial charge on any atom is -0.493 e. The molecule has 3 heteroatoms. The monoisotopic (exact) mass is 184 g/mol. The fourth-order valence-corrected chi connectivity index (χ4v) is 0.985. The molecule has 0 heterocycles. The number of hydrogen-bond acceptors (Lipinski definition) is 2. The van der Waals surface area contributed by atoms with Gasteiger partial charge in [-0.1, -0.05) is 11.6 Å². The molecule has 0 aliphatic heterocycles. The Labute approximate surface area is 75.8 Å². The van der Waals surface area contributed by atoms with Gasteiger partial charge in [0.2, 0.25) is 5.43 Å². The van der Waals surface area contributed by atoms with E-state index in [2.05, 4.69) is 0 Å². The largest absolute Gasteiger partial charge is 0.493 e. The lowest BCUT2D eigenvalue weighted by Crippen LogP contribution is -1.99. The molecule has 0 aliphatic rings. The summed E-state index contributed by atoms with van der Waals surface area (Å²) in [5, 5.41) is 0.565. The van der Waals surface area contributed by atoms with E-state index in [9.17, 15) is 4.79 Å². The second kappa shape index (κ2) is 3.59. The number of hydrogen-bond donors (Lipinski definition) is 0. The minimum absolute atomic E-state index is 0.151. The molecule has 1 aromatic rings. The van der Waals surface area contributed by atoms with Gasteiger partial charge < -0.3 is 4.74 Å². The van der Waals surface area contributed by atoms with Gasteiger partial charge in [-0.15, -0.1) is 0 Å². The van der Waals surface area contributed by atoms with Gasteiger partial charge in [0.25, 0.3) is 0 Å². The minimum atomic E-state index is -0.151. The summed E-state index contributed by atoms with van der Waals surface area (Å²) in [6, 6.07) is 4.68. The van der Waals surface area contributed by atoms with E-state index in [0.717, 1.165) is 5.56 Å². The summed E-state index contributed by atoms with van der Waals surface area (Å²) in [5.41, 5.74) is 0.604. The van der Waals surface area contributed by atoms with E-state index < -0.39 is 0 Å². The molecule has 1 aromatic carbocycles. The Bertz CT molecular complexity index is 347. The molecule has 0 unspecified atom stereocenters. The van der Waals surface area contributed by atoms with Gasteiger partial charge in [0.15, 0.2) is 5.75 Å². The Balaban J connectivity index is 3.45. The van der Waals surface area contributed by atoms with Crippen LogP contribution in [0.3, 0.4) is 0 Å². The van der Waals surface area contributed by atoms with Crippen LogP contribution in [0.15, 0.2) is 23.0 Å². The van der Waals surface area contributed by atoms with Crippen molar-refractivity contribution in [1.82, 2.24) is 0 Å². The number of halogens is 1. The maximum Gasteiger partial charge on any atom is 0.220 e. The van der Waals surface area contributed by atoms with Crippen molar-refractivity contribution in [3.05, 3.63) is 39.0 Å². The first-order valence-electron chi connectivity index (χ1n) is 3.49. The molecule has 12 heavy (non-hydrogen) atoms. The van der Waals surface area contributed by atoms with Crippen molar-refractivity contribution < 1.29 is 4.74 Å². The van der Waals surface area contributed by atoms with Gasteiger partial charge in [-0.2, -0.15) is 0 Å². The molecule has 0 radical (unpaired) electrons. The molecule has 0 saturated heterocycles. The highest BCUT2D eigenvalue weighted by Gasteiger charge is 1.98. The molecule has 0 saturated carbocycles. The van der Waals surface area contributed by atoms with Crippen molar-refractivity contribution in [2.75, 3.05) is 7.11 Å². The fourth-order valence-electron chi connectivity index (χ4n) is 0.868. The van der Waals surface area contributed by atoms with Gasteiger partial charge >= 0.3 is 0 Å². The highest BCUT2D eigenvalue weighted by Crippen LogP contribution is 2.13. The van der Waals surface area contributed by atoms with E-state index in [4.69, 9.17) is 16.3 Å². The average Bonchev–Trinajstić information content (AvgIpc) is 2.14. The van der Waals surface area contributed by atoms with Crippen LogP contribution in [0.1, 0.15) is 5.56 Å². The summed E-state index contributed by atoms with van der Waals surface area (Å²) < 4.78 is 4.84. The van der Waals surface area contributed by atoms with Crippen LogP contribution in [-0.2, 0) is 0 Å². The summed E-state index contributed by atoms with van der Waals surface area (Å²) in [5.74, 6) is 0.310. The molecule has 0 fully saturated rings. The quantitative estimate of drug-likeness (QED) is 0.668. The maximum atomic E-state index is 11.2. The van der Waals surface area contributed by atoms with E-state index in [1.54, 1.807) is 19.1 Å². The van der Waals surface area contributed by atoms with Crippen LogP contribution in [0.2, 0.25) is 5.02 Å². The molecule has 0 atom stereocenters. The molecule has 0 aromatic heterocycles. The Morgan fingerprint density at radius 1 is 1.42 bits per heavy atom. The van der Waals surface area contributed by atoms with Crippen LogP contribution in [0.25, 0.3) is 0 Å². The summed E-state index contributed by atoms with van der Waals surface area (Å²) >= 11 is 5.80. The smallest absolute Gasteiger partial charge is 0.220 e. The average molecular weight is 185 g/mol. The number of methoxy groups -OCH3 is 1. The van der Waals surface area contributed by atoms with Crippen molar-refractivity contribution in [3.8, 4) is 5.75 Å². The molecular weight excluding hydrogens is 176 g/mol. The number of ether oxygens (including phenoxy) is 1. The topological polar surface area (TPSA) is 26.3 Å². The van der Waals surface area contributed by atoms with Gasteiger partial charge in [0.05, 0.1) is 7.11 Å². The van der Waals surface area contributed by atoms with Crippen molar-refractivity contribution in [2.45, 2.75) is 6.92 Å². The van der Waals surface area contributed by atoms with Crippen LogP contribution < -0.4 is 10.2 Å². The third-order valence-corrected chi connectivity index (χ3v) is 1.99. The first-order valence-corrected chi connectivity index (χ1v) is 3.87. The first-order chi connectivity index (χ1) is 5.65. The van der Waals surface area contributed by atoms with E-state index in [1.165, 1.54) is 13.2 Å². The van der Waals surface area contributed by atoms with Gasteiger partial charge in [0.1, 0.15) is 0 Å². The Kier molecular flexibility index (Phi) is 2.71. The van der Waals surface area contributed by atoms with Gasteiger partial charge in [-0.05, 0) is 30.7 Å². The zero-order chi connectivity index (χ0) is 9.14.